The van der Waals surface area contributed by atoms with Gasteiger partial charge in [-0.05, 0) is 105 Å². The van der Waals surface area contributed by atoms with Gasteiger partial charge in [-0.2, -0.15) is 0 Å². The zero-order chi connectivity index (χ0) is 28.1. The summed E-state index contributed by atoms with van der Waals surface area (Å²) in [7, 11) is 0. The number of carbonyl (C=O) groups is 3. The second-order valence-electron chi connectivity index (χ2n) is 13.9. The molecule has 4 fully saturated rings. The van der Waals surface area contributed by atoms with E-state index in [1.54, 1.807) is 12.1 Å². The summed E-state index contributed by atoms with van der Waals surface area (Å²) in [4.78, 5) is 38.0. The lowest BCUT2D eigenvalue weighted by Gasteiger charge is -2.61. The van der Waals surface area contributed by atoms with Gasteiger partial charge in [-0.15, -0.1) is 0 Å². The zero-order valence-corrected chi connectivity index (χ0v) is 24.4. The first-order valence-corrected chi connectivity index (χ1v) is 15.6. The van der Waals surface area contributed by atoms with Gasteiger partial charge in [0.1, 0.15) is 11.9 Å². The number of Topliss-reactive ketones (excluding diaryl/α,β-unsaturated/α-hetero) is 1. The number of carbonyl (C=O) groups excluding carboxylic acids is 3. The van der Waals surface area contributed by atoms with Gasteiger partial charge < -0.3 is 4.74 Å². The van der Waals surface area contributed by atoms with Crippen molar-refractivity contribution < 1.29 is 19.1 Å². The van der Waals surface area contributed by atoms with Crippen LogP contribution < -0.4 is 0 Å². The van der Waals surface area contributed by atoms with Crippen LogP contribution in [0.2, 0.25) is 0 Å². The van der Waals surface area contributed by atoms with E-state index in [4.69, 9.17) is 4.74 Å². The van der Waals surface area contributed by atoms with E-state index >= 15 is 0 Å². The molecule has 4 aliphatic carbocycles. The third-order valence-corrected chi connectivity index (χ3v) is 12.0. The van der Waals surface area contributed by atoms with E-state index in [2.05, 4.69) is 13.8 Å². The highest BCUT2D eigenvalue weighted by molar-refractivity contribution is 6.08. The van der Waals surface area contributed by atoms with Gasteiger partial charge in [0.15, 0.2) is 5.78 Å². The molecule has 6 rings (SSSR count). The van der Waals surface area contributed by atoms with Crippen LogP contribution in [-0.4, -0.2) is 23.6 Å². The van der Waals surface area contributed by atoms with Crippen molar-refractivity contribution in [3.05, 3.63) is 71.3 Å². The van der Waals surface area contributed by atoms with Crippen molar-refractivity contribution in [3.63, 3.8) is 0 Å². The molecule has 0 amide bonds. The van der Waals surface area contributed by atoms with Crippen LogP contribution in [0.25, 0.3) is 0 Å². The van der Waals surface area contributed by atoms with E-state index in [1.807, 2.05) is 49.4 Å². The van der Waals surface area contributed by atoms with Crippen molar-refractivity contribution in [2.45, 2.75) is 91.1 Å². The zero-order valence-electron chi connectivity index (χ0n) is 24.4. The van der Waals surface area contributed by atoms with Gasteiger partial charge in [0, 0.05) is 17.0 Å². The summed E-state index contributed by atoms with van der Waals surface area (Å²) < 4.78 is 6.05. The molecular weight excluding hydrogens is 496 g/mol. The lowest BCUT2D eigenvalue weighted by Crippen LogP contribution is -2.54. The van der Waals surface area contributed by atoms with Crippen molar-refractivity contribution in [1.82, 2.24) is 0 Å². The molecule has 4 aliphatic rings. The van der Waals surface area contributed by atoms with Crippen LogP contribution in [0.3, 0.4) is 0 Å². The van der Waals surface area contributed by atoms with Gasteiger partial charge >= 0.3 is 5.97 Å². The molecule has 3 unspecified atom stereocenters. The Morgan fingerprint density at radius 3 is 2.17 bits per heavy atom. The Kier molecular flexibility index (Phi) is 7.25. The van der Waals surface area contributed by atoms with E-state index in [0.29, 0.717) is 34.2 Å². The Labute approximate surface area is 239 Å². The molecule has 8 atom stereocenters. The number of hydrogen-bond acceptors (Lipinski definition) is 4. The first-order valence-electron chi connectivity index (χ1n) is 15.6. The second kappa shape index (κ2) is 10.6. The van der Waals surface area contributed by atoms with E-state index in [9.17, 15) is 14.4 Å². The molecule has 0 saturated heterocycles. The number of hydrogen-bond donors (Lipinski definition) is 0. The van der Waals surface area contributed by atoms with Crippen LogP contribution >= 0.6 is 0 Å². The van der Waals surface area contributed by atoms with Gasteiger partial charge in [-0.3, -0.25) is 14.4 Å². The molecule has 0 heterocycles. The monoisotopic (exact) mass is 540 g/mol. The number of fused-ring (bicyclic) bond motifs is 5. The molecule has 4 nitrogen and oxygen atoms in total. The average Bonchev–Trinajstić information content (AvgIpc) is 3.31. The molecule has 2 aromatic carbocycles. The third kappa shape index (κ3) is 4.76. The molecule has 0 spiro atoms. The van der Waals surface area contributed by atoms with E-state index in [1.165, 1.54) is 32.1 Å². The van der Waals surface area contributed by atoms with Crippen molar-refractivity contribution in [1.29, 1.82) is 0 Å². The molecule has 212 valence electrons. The lowest BCUT2D eigenvalue weighted by molar-refractivity contribution is -0.162. The molecule has 2 aromatic rings. The number of ether oxygens (including phenoxy) is 1. The summed E-state index contributed by atoms with van der Waals surface area (Å²) in [5, 5.41) is 0. The van der Waals surface area contributed by atoms with Crippen LogP contribution in [0.15, 0.2) is 54.6 Å². The van der Waals surface area contributed by atoms with E-state index < -0.39 is 0 Å². The number of ketones is 2. The Morgan fingerprint density at radius 2 is 1.45 bits per heavy atom. The predicted molar refractivity (Wildman–Crippen MR) is 156 cm³/mol. The van der Waals surface area contributed by atoms with Gasteiger partial charge in [-0.25, -0.2) is 0 Å². The maximum atomic E-state index is 12.9. The summed E-state index contributed by atoms with van der Waals surface area (Å²) in [6.07, 6.45) is 10.6. The molecule has 0 N–H and O–H groups in total. The predicted octanol–water partition coefficient (Wildman–Crippen LogP) is 7.62. The lowest BCUT2D eigenvalue weighted by atomic mass is 9.44. The smallest absolute Gasteiger partial charge is 0.310 e. The number of esters is 1. The van der Waals surface area contributed by atoms with Crippen molar-refractivity contribution in [3.8, 4) is 0 Å². The molecule has 0 radical (unpaired) electrons. The molecule has 0 aromatic heterocycles. The molecule has 0 bridgehead atoms. The van der Waals surface area contributed by atoms with Crippen LogP contribution in [-0.2, 0) is 20.7 Å². The standard InChI is InChI=1S/C36H44O4/c1-23(37)30-15-16-31-29-14-13-27-22-28(17-19-35(27,2)32(29)18-20-36(30,31)3)40-33(38)21-24-9-11-26(12-10-24)34(39)25-7-5-4-6-8-25/h4-12,27-32H,13-22H2,1-3H3/t27-,28?,29?,30+,31-,32?,35-,36+/m0/s1. The number of benzene rings is 2. The fourth-order valence-electron chi connectivity index (χ4n) is 9.92. The molecule has 4 heteroatoms. The Morgan fingerprint density at radius 1 is 0.775 bits per heavy atom. The highest BCUT2D eigenvalue weighted by Gasteiger charge is 2.60. The molecule has 40 heavy (non-hydrogen) atoms. The summed E-state index contributed by atoms with van der Waals surface area (Å²) in [5.41, 5.74) is 2.70. The SMILES string of the molecule is CC(=O)[C@H]1CC[C@H]2C3CC[C@H]4CC(OC(=O)Cc5ccc(C(=O)c6ccccc6)cc5)CC[C@]4(C)C3CC[C@]12C. The Balaban J connectivity index is 1.05. The maximum Gasteiger partial charge on any atom is 0.310 e. The van der Waals surface area contributed by atoms with Gasteiger partial charge in [0.05, 0.1) is 6.42 Å². The summed E-state index contributed by atoms with van der Waals surface area (Å²) in [5.74, 6) is 3.29. The van der Waals surface area contributed by atoms with Crippen LogP contribution in [0, 0.1) is 40.4 Å². The Hall–Kier alpha value is -2.75. The van der Waals surface area contributed by atoms with Crippen LogP contribution in [0.5, 0.6) is 0 Å². The first-order chi connectivity index (χ1) is 19.2. The minimum absolute atomic E-state index is 0.00323. The van der Waals surface area contributed by atoms with Gasteiger partial charge in [0.25, 0.3) is 0 Å². The highest BCUT2D eigenvalue weighted by atomic mass is 16.5. The number of rotatable bonds is 6. The quantitative estimate of drug-likeness (QED) is 0.279. The fourth-order valence-corrected chi connectivity index (χ4v) is 9.92. The van der Waals surface area contributed by atoms with E-state index in [-0.39, 0.29) is 35.6 Å². The molecular formula is C36H44O4. The summed E-state index contributed by atoms with van der Waals surface area (Å²) in [6.45, 7) is 6.77. The second-order valence-corrected chi connectivity index (χ2v) is 13.9. The summed E-state index contributed by atoms with van der Waals surface area (Å²) in [6, 6.07) is 16.6. The third-order valence-electron chi connectivity index (χ3n) is 12.0. The van der Waals surface area contributed by atoms with Crippen molar-refractivity contribution >= 4 is 17.5 Å². The molecule has 0 aliphatic heterocycles. The Bertz CT molecular complexity index is 1270. The van der Waals surface area contributed by atoms with Crippen molar-refractivity contribution in [2.24, 2.45) is 40.4 Å². The van der Waals surface area contributed by atoms with Gasteiger partial charge in [-0.1, -0.05) is 68.4 Å². The normalized spacial score (nSPS) is 36.6. The topological polar surface area (TPSA) is 60.4 Å². The largest absolute Gasteiger partial charge is 0.462 e. The first kappa shape index (κ1) is 27.4. The fraction of sp³-hybridized carbons (Fsp3) is 0.583. The highest BCUT2D eigenvalue weighted by Crippen LogP contribution is 2.67. The maximum absolute atomic E-state index is 12.9. The van der Waals surface area contributed by atoms with Crippen LogP contribution in [0.1, 0.15) is 100 Å². The van der Waals surface area contributed by atoms with Gasteiger partial charge in [0.2, 0.25) is 0 Å². The minimum Gasteiger partial charge on any atom is -0.462 e. The van der Waals surface area contributed by atoms with E-state index in [0.717, 1.165) is 43.1 Å². The van der Waals surface area contributed by atoms with Crippen molar-refractivity contribution in [2.75, 3.05) is 0 Å². The average molecular weight is 541 g/mol. The molecule has 4 saturated carbocycles. The minimum atomic E-state index is -0.168. The summed E-state index contributed by atoms with van der Waals surface area (Å²) >= 11 is 0. The van der Waals surface area contributed by atoms with Crippen LogP contribution in [0.4, 0.5) is 0 Å².